The molecule has 2 amide bonds. The molecule has 0 saturated carbocycles. The van der Waals surface area contributed by atoms with E-state index >= 15 is 0 Å². The Hall–Kier alpha value is -2.94. The number of hydrogen-bond donors (Lipinski definition) is 2. The molecular formula is C19H22FN3O4S. The second kappa shape index (κ2) is 8.83. The van der Waals surface area contributed by atoms with Gasteiger partial charge < -0.3 is 10.6 Å². The Balaban J connectivity index is 2.26. The molecule has 150 valence electrons. The quantitative estimate of drug-likeness (QED) is 0.738. The molecule has 2 rings (SSSR count). The number of amides is 2. The van der Waals surface area contributed by atoms with Gasteiger partial charge >= 0.3 is 0 Å². The summed E-state index contributed by atoms with van der Waals surface area (Å²) in [5, 5.41) is 5.29. The van der Waals surface area contributed by atoms with Gasteiger partial charge in [0.2, 0.25) is 21.8 Å². The lowest BCUT2D eigenvalue weighted by Gasteiger charge is -2.30. The van der Waals surface area contributed by atoms with E-state index in [-0.39, 0.29) is 18.0 Å². The van der Waals surface area contributed by atoms with E-state index in [1.807, 2.05) is 0 Å². The highest BCUT2D eigenvalue weighted by atomic mass is 32.2. The fourth-order valence-electron chi connectivity index (χ4n) is 2.71. The zero-order valence-corrected chi connectivity index (χ0v) is 16.6. The molecule has 0 aliphatic rings. The van der Waals surface area contributed by atoms with Crippen LogP contribution in [0.25, 0.3) is 0 Å². The van der Waals surface area contributed by atoms with Crippen molar-refractivity contribution in [2.24, 2.45) is 0 Å². The van der Waals surface area contributed by atoms with Crippen molar-refractivity contribution in [3.05, 3.63) is 54.3 Å². The predicted molar refractivity (Wildman–Crippen MR) is 107 cm³/mol. The molecule has 1 atom stereocenters. The molecule has 2 aromatic rings. The first-order valence-corrected chi connectivity index (χ1v) is 10.4. The second-order valence-electron chi connectivity index (χ2n) is 6.21. The summed E-state index contributed by atoms with van der Waals surface area (Å²) in [5.74, 6) is -1.25. The summed E-state index contributed by atoms with van der Waals surface area (Å²) in [6.45, 7) is 3.07. The van der Waals surface area contributed by atoms with Crippen LogP contribution in [0.2, 0.25) is 0 Å². The molecule has 9 heteroatoms. The van der Waals surface area contributed by atoms with Gasteiger partial charge in [-0.05, 0) is 55.0 Å². The third-order valence-electron chi connectivity index (χ3n) is 3.88. The fraction of sp³-hybridized carbons (Fsp3) is 0.263. The standard InChI is InChI=1S/C19H22FN3O4S/c1-4-18(23(28(3,26)27)17-11-5-14(20)6-12-17)19(25)22-16-9-7-15(8-10-16)21-13(2)24/h5-12,18H,4H2,1-3H3,(H,21,24)(H,22,25)/t18-/m1/s1. The summed E-state index contributed by atoms with van der Waals surface area (Å²) < 4.78 is 38.9. The SMILES string of the molecule is CC[C@H](C(=O)Nc1ccc(NC(C)=O)cc1)N(c1ccc(F)cc1)S(C)(=O)=O. The van der Waals surface area contributed by atoms with Crippen LogP contribution in [0.1, 0.15) is 20.3 Å². The van der Waals surface area contributed by atoms with E-state index in [9.17, 15) is 22.4 Å². The van der Waals surface area contributed by atoms with Crippen LogP contribution in [0.3, 0.4) is 0 Å². The minimum Gasteiger partial charge on any atom is -0.326 e. The van der Waals surface area contributed by atoms with Crippen molar-refractivity contribution in [2.45, 2.75) is 26.3 Å². The van der Waals surface area contributed by atoms with Crippen molar-refractivity contribution < 1.29 is 22.4 Å². The highest BCUT2D eigenvalue weighted by Gasteiger charge is 2.31. The molecule has 0 heterocycles. The first-order valence-electron chi connectivity index (χ1n) is 8.55. The van der Waals surface area contributed by atoms with Crippen molar-refractivity contribution in [1.82, 2.24) is 0 Å². The van der Waals surface area contributed by atoms with Gasteiger partial charge in [-0.15, -0.1) is 0 Å². The van der Waals surface area contributed by atoms with Crippen LogP contribution in [0.15, 0.2) is 48.5 Å². The highest BCUT2D eigenvalue weighted by molar-refractivity contribution is 7.92. The normalized spacial score (nSPS) is 12.1. The van der Waals surface area contributed by atoms with E-state index in [0.29, 0.717) is 11.4 Å². The van der Waals surface area contributed by atoms with E-state index in [0.717, 1.165) is 22.7 Å². The van der Waals surface area contributed by atoms with E-state index in [4.69, 9.17) is 0 Å². The van der Waals surface area contributed by atoms with Crippen molar-refractivity contribution in [3.8, 4) is 0 Å². The Labute approximate surface area is 163 Å². The molecule has 0 spiro atoms. The molecule has 0 unspecified atom stereocenters. The van der Waals surface area contributed by atoms with Crippen LogP contribution in [0.4, 0.5) is 21.5 Å². The number of rotatable bonds is 7. The van der Waals surface area contributed by atoms with E-state index in [1.54, 1.807) is 31.2 Å². The molecule has 2 aromatic carbocycles. The van der Waals surface area contributed by atoms with Crippen LogP contribution >= 0.6 is 0 Å². The van der Waals surface area contributed by atoms with Gasteiger partial charge in [0.05, 0.1) is 11.9 Å². The number of nitrogens with zero attached hydrogens (tertiary/aromatic N) is 1. The van der Waals surface area contributed by atoms with Crippen LogP contribution in [0.5, 0.6) is 0 Å². The number of nitrogens with one attached hydrogen (secondary N) is 2. The van der Waals surface area contributed by atoms with Crippen LogP contribution in [-0.2, 0) is 19.6 Å². The van der Waals surface area contributed by atoms with Crippen LogP contribution in [0, 0.1) is 5.82 Å². The lowest BCUT2D eigenvalue weighted by Crippen LogP contribution is -2.47. The maximum Gasteiger partial charge on any atom is 0.248 e. The monoisotopic (exact) mass is 407 g/mol. The maximum absolute atomic E-state index is 13.2. The molecule has 2 N–H and O–H groups in total. The van der Waals surface area contributed by atoms with Crippen molar-refractivity contribution in [3.63, 3.8) is 0 Å². The molecule has 0 saturated heterocycles. The molecular weight excluding hydrogens is 385 g/mol. The molecule has 0 aliphatic carbocycles. The van der Waals surface area contributed by atoms with Gasteiger partial charge in [0.15, 0.2) is 0 Å². The number of sulfonamides is 1. The number of halogens is 1. The van der Waals surface area contributed by atoms with Gasteiger partial charge in [-0.2, -0.15) is 0 Å². The highest BCUT2D eigenvalue weighted by Crippen LogP contribution is 2.24. The predicted octanol–water partition coefficient (Wildman–Crippen LogP) is 2.97. The third kappa shape index (κ3) is 5.53. The molecule has 0 aromatic heterocycles. The Bertz CT molecular complexity index is 944. The van der Waals surface area contributed by atoms with Crippen molar-refractivity contribution in [1.29, 1.82) is 0 Å². The van der Waals surface area contributed by atoms with Gasteiger partial charge in [0.25, 0.3) is 0 Å². The van der Waals surface area contributed by atoms with Crippen LogP contribution < -0.4 is 14.9 Å². The Morgan fingerprint density at radius 1 is 1.00 bits per heavy atom. The average molecular weight is 407 g/mol. The lowest BCUT2D eigenvalue weighted by molar-refractivity contribution is -0.117. The zero-order chi connectivity index (χ0) is 20.9. The molecule has 0 radical (unpaired) electrons. The number of carbonyl (C=O) groups is 2. The number of carbonyl (C=O) groups excluding carboxylic acids is 2. The first kappa shape index (κ1) is 21.4. The second-order valence-corrected chi connectivity index (χ2v) is 8.07. The Morgan fingerprint density at radius 3 is 1.93 bits per heavy atom. The summed E-state index contributed by atoms with van der Waals surface area (Å²) >= 11 is 0. The smallest absolute Gasteiger partial charge is 0.248 e. The van der Waals surface area contributed by atoms with Crippen molar-refractivity contribution in [2.75, 3.05) is 21.2 Å². The van der Waals surface area contributed by atoms with Crippen LogP contribution in [-0.4, -0.2) is 32.5 Å². The Morgan fingerprint density at radius 2 is 1.50 bits per heavy atom. The lowest BCUT2D eigenvalue weighted by atomic mass is 10.1. The first-order chi connectivity index (χ1) is 13.1. The zero-order valence-electron chi connectivity index (χ0n) is 15.8. The Kier molecular flexibility index (Phi) is 6.74. The van der Waals surface area contributed by atoms with Gasteiger partial charge in [0, 0.05) is 18.3 Å². The summed E-state index contributed by atoms with van der Waals surface area (Å²) in [4.78, 5) is 23.8. The number of benzene rings is 2. The van der Waals surface area contributed by atoms with Gasteiger partial charge in [-0.25, -0.2) is 12.8 Å². The maximum atomic E-state index is 13.2. The van der Waals surface area contributed by atoms with Gasteiger partial charge in [0.1, 0.15) is 11.9 Å². The molecule has 28 heavy (non-hydrogen) atoms. The minimum absolute atomic E-state index is 0.201. The van der Waals surface area contributed by atoms with Crippen molar-refractivity contribution >= 4 is 38.9 Å². The number of anilines is 3. The largest absolute Gasteiger partial charge is 0.326 e. The van der Waals surface area contributed by atoms with Gasteiger partial charge in [-0.1, -0.05) is 6.92 Å². The van der Waals surface area contributed by atoms with Gasteiger partial charge in [-0.3, -0.25) is 13.9 Å². The topological polar surface area (TPSA) is 95.6 Å². The summed E-state index contributed by atoms with van der Waals surface area (Å²) in [6, 6.07) is 10.3. The van der Waals surface area contributed by atoms with E-state index < -0.39 is 27.8 Å². The number of hydrogen-bond acceptors (Lipinski definition) is 4. The molecule has 0 fully saturated rings. The minimum atomic E-state index is -3.80. The fourth-order valence-corrected chi connectivity index (χ4v) is 3.93. The van der Waals surface area contributed by atoms with E-state index in [2.05, 4.69) is 10.6 Å². The molecule has 7 nitrogen and oxygen atoms in total. The summed E-state index contributed by atoms with van der Waals surface area (Å²) in [7, 11) is -3.80. The molecule has 0 aliphatic heterocycles. The third-order valence-corrected chi connectivity index (χ3v) is 5.06. The van der Waals surface area contributed by atoms with E-state index in [1.165, 1.54) is 19.1 Å². The molecule has 0 bridgehead atoms. The average Bonchev–Trinajstić information content (AvgIpc) is 2.60. The summed E-state index contributed by atoms with van der Waals surface area (Å²) in [6.07, 6.45) is 1.20. The summed E-state index contributed by atoms with van der Waals surface area (Å²) in [5.41, 5.74) is 1.22.